The number of aldehydes is 1. The smallest absolute Gasteiger partial charge is 0.407 e. The lowest BCUT2D eigenvalue weighted by Gasteiger charge is -2.23. The van der Waals surface area contributed by atoms with E-state index in [0.29, 0.717) is 23.1 Å². The van der Waals surface area contributed by atoms with Crippen LogP contribution in [0.3, 0.4) is 0 Å². The Morgan fingerprint density at radius 2 is 1.96 bits per heavy atom. The highest BCUT2D eigenvalue weighted by atomic mass is 19.1. The SMILES string of the molecule is CCC(C)(C)OC(=O)NCc1cc(F)cc(-c2cccc(C=O)c2)c1. The zero-order chi connectivity index (χ0) is 18.4. The molecule has 0 saturated heterocycles. The predicted octanol–water partition coefficient (Wildman–Crippen LogP) is 4.72. The van der Waals surface area contributed by atoms with Crippen molar-refractivity contribution in [3.05, 3.63) is 59.4 Å². The summed E-state index contributed by atoms with van der Waals surface area (Å²) in [5, 5.41) is 2.63. The fraction of sp³-hybridized carbons (Fsp3) is 0.300. The first kappa shape index (κ1) is 18.6. The molecule has 0 atom stereocenters. The molecule has 0 bridgehead atoms. The van der Waals surface area contributed by atoms with Crippen LogP contribution in [-0.2, 0) is 11.3 Å². The molecule has 0 aliphatic carbocycles. The number of hydrogen-bond acceptors (Lipinski definition) is 3. The first-order valence-corrected chi connectivity index (χ1v) is 8.15. The predicted molar refractivity (Wildman–Crippen MR) is 94.9 cm³/mol. The van der Waals surface area contributed by atoms with E-state index in [0.717, 1.165) is 11.8 Å². The molecule has 2 aromatic rings. The lowest BCUT2D eigenvalue weighted by Crippen LogP contribution is -2.33. The molecular weight excluding hydrogens is 321 g/mol. The van der Waals surface area contributed by atoms with Gasteiger partial charge in [0.15, 0.2) is 0 Å². The van der Waals surface area contributed by atoms with Crippen molar-refractivity contribution in [2.45, 2.75) is 39.3 Å². The monoisotopic (exact) mass is 343 g/mol. The van der Waals surface area contributed by atoms with E-state index in [-0.39, 0.29) is 6.54 Å². The molecule has 0 aromatic heterocycles. The largest absolute Gasteiger partial charge is 0.444 e. The number of benzene rings is 2. The molecule has 5 heteroatoms. The first-order chi connectivity index (χ1) is 11.8. The average molecular weight is 343 g/mol. The molecule has 0 saturated carbocycles. The van der Waals surface area contributed by atoms with Crippen molar-refractivity contribution in [2.24, 2.45) is 0 Å². The summed E-state index contributed by atoms with van der Waals surface area (Å²) in [4.78, 5) is 22.8. The van der Waals surface area contributed by atoms with Crippen LogP contribution in [0.15, 0.2) is 42.5 Å². The fourth-order valence-corrected chi connectivity index (χ4v) is 2.24. The van der Waals surface area contributed by atoms with Crippen molar-refractivity contribution >= 4 is 12.4 Å². The highest BCUT2D eigenvalue weighted by Crippen LogP contribution is 2.23. The van der Waals surface area contributed by atoms with E-state index in [9.17, 15) is 14.0 Å². The second-order valence-electron chi connectivity index (χ2n) is 6.45. The van der Waals surface area contributed by atoms with Crippen LogP contribution >= 0.6 is 0 Å². The summed E-state index contributed by atoms with van der Waals surface area (Å²) >= 11 is 0. The van der Waals surface area contributed by atoms with Crippen molar-refractivity contribution in [1.82, 2.24) is 5.32 Å². The van der Waals surface area contributed by atoms with Gasteiger partial charge in [-0.2, -0.15) is 0 Å². The summed E-state index contributed by atoms with van der Waals surface area (Å²) in [5.41, 5.74) is 1.96. The number of amides is 1. The number of nitrogens with one attached hydrogen (secondary N) is 1. The minimum atomic E-state index is -0.549. The van der Waals surface area contributed by atoms with Gasteiger partial charge in [0.1, 0.15) is 17.7 Å². The lowest BCUT2D eigenvalue weighted by molar-refractivity contribution is 0.0359. The van der Waals surface area contributed by atoms with Crippen LogP contribution in [0.5, 0.6) is 0 Å². The Morgan fingerprint density at radius 1 is 1.20 bits per heavy atom. The number of alkyl carbamates (subject to hydrolysis) is 1. The normalized spacial score (nSPS) is 11.0. The summed E-state index contributed by atoms with van der Waals surface area (Å²) < 4.78 is 19.2. The van der Waals surface area contributed by atoms with E-state index in [1.165, 1.54) is 12.1 Å². The minimum absolute atomic E-state index is 0.150. The standard InChI is InChI=1S/C20H22FNO3/c1-4-20(2,3)25-19(24)22-12-15-9-17(11-18(21)10-15)16-7-5-6-14(8-16)13-23/h5-11,13H,4,12H2,1-3H3,(H,22,24). The van der Waals surface area contributed by atoms with Gasteiger partial charge in [-0.3, -0.25) is 4.79 Å². The second kappa shape index (κ2) is 7.92. The molecule has 1 N–H and O–H groups in total. The molecule has 0 heterocycles. The molecule has 25 heavy (non-hydrogen) atoms. The van der Waals surface area contributed by atoms with Gasteiger partial charge in [-0.15, -0.1) is 0 Å². The lowest BCUT2D eigenvalue weighted by atomic mass is 10.0. The highest BCUT2D eigenvalue weighted by molar-refractivity contribution is 5.79. The molecule has 4 nitrogen and oxygen atoms in total. The minimum Gasteiger partial charge on any atom is -0.444 e. The maximum absolute atomic E-state index is 13.9. The van der Waals surface area contributed by atoms with Gasteiger partial charge in [0.25, 0.3) is 0 Å². The van der Waals surface area contributed by atoms with E-state index in [2.05, 4.69) is 5.32 Å². The summed E-state index contributed by atoms with van der Waals surface area (Å²) in [6.07, 6.45) is 0.898. The third-order valence-electron chi connectivity index (χ3n) is 3.97. The number of carbonyl (C=O) groups is 2. The van der Waals surface area contributed by atoms with E-state index in [1.54, 1.807) is 30.3 Å². The summed E-state index contributed by atoms with van der Waals surface area (Å²) in [5.74, 6) is -0.409. The third-order valence-corrected chi connectivity index (χ3v) is 3.97. The van der Waals surface area contributed by atoms with Crippen LogP contribution in [-0.4, -0.2) is 18.0 Å². The Balaban J connectivity index is 2.13. The summed E-state index contributed by atoms with van der Waals surface area (Å²) in [6.45, 7) is 5.73. The molecular formula is C20H22FNO3. The molecule has 2 rings (SSSR count). The molecule has 0 unspecified atom stereocenters. The molecule has 0 aliphatic rings. The van der Waals surface area contributed by atoms with Crippen LogP contribution in [0.4, 0.5) is 9.18 Å². The van der Waals surface area contributed by atoms with E-state index >= 15 is 0 Å². The number of hydrogen-bond donors (Lipinski definition) is 1. The number of carbonyl (C=O) groups excluding carboxylic acids is 2. The fourth-order valence-electron chi connectivity index (χ4n) is 2.24. The topological polar surface area (TPSA) is 55.4 Å². The van der Waals surface area contributed by atoms with Crippen molar-refractivity contribution < 1.29 is 18.7 Å². The van der Waals surface area contributed by atoms with Gasteiger partial charge in [-0.1, -0.05) is 25.1 Å². The summed E-state index contributed by atoms with van der Waals surface area (Å²) in [7, 11) is 0. The van der Waals surface area contributed by atoms with Crippen LogP contribution in [0, 0.1) is 5.82 Å². The molecule has 2 aromatic carbocycles. The Morgan fingerprint density at radius 3 is 2.64 bits per heavy atom. The molecule has 1 amide bonds. The Labute approximate surface area is 147 Å². The van der Waals surface area contributed by atoms with Crippen LogP contribution < -0.4 is 5.32 Å². The summed E-state index contributed by atoms with van der Waals surface area (Å²) in [6, 6.07) is 11.5. The molecule has 0 spiro atoms. The Kier molecular flexibility index (Phi) is 5.91. The maximum atomic E-state index is 13.9. The highest BCUT2D eigenvalue weighted by Gasteiger charge is 2.20. The molecule has 132 valence electrons. The van der Waals surface area contributed by atoms with Gasteiger partial charge in [0.2, 0.25) is 0 Å². The van der Waals surface area contributed by atoms with Gasteiger partial charge in [-0.25, -0.2) is 9.18 Å². The second-order valence-corrected chi connectivity index (χ2v) is 6.45. The van der Waals surface area contributed by atoms with Gasteiger partial charge >= 0.3 is 6.09 Å². The number of halogens is 1. The number of rotatable bonds is 6. The zero-order valence-corrected chi connectivity index (χ0v) is 14.6. The van der Waals surface area contributed by atoms with Gasteiger partial charge in [0.05, 0.1) is 0 Å². The molecule has 0 fully saturated rings. The van der Waals surface area contributed by atoms with Crippen molar-refractivity contribution in [2.75, 3.05) is 0 Å². The first-order valence-electron chi connectivity index (χ1n) is 8.15. The maximum Gasteiger partial charge on any atom is 0.407 e. The van der Waals surface area contributed by atoms with Crippen LogP contribution in [0.2, 0.25) is 0 Å². The van der Waals surface area contributed by atoms with Gasteiger partial charge in [-0.05, 0) is 61.2 Å². The third kappa shape index (κ3) is 5.41. The van der Waals surface area contributed by atoms with Crippen molar-refractivity contribution in [1.29, 1.82) is 0 Å². The van der Waals surface area contributed by atoms with Gasteiger partial charge in [0, 0.05) is 12.1 Å². The van der Waals surface area contributed by atoms with Crippen LogP contribution in [0.25, 0.3) is 11.1 Å². The Bertz CT molecular complexity index is 771. The quantitative estimate of drug-likeness (QED) is 0.772. The van der Waals surface area contributed by atoms with E-state index in [4.69, 9.17) is 4.74 Å². The molecule has 0 aliphatic heterocycles. The zero-order valence-electron chi connectivity index (χ0n) is 14.6. The van der Waals surface area contributed by atoms with Gasteiger partial charge < -0.3 is 10.1 Å². The number of ether oxygens (including phenoxy) is 1. The van der Waals surface area contributed by atoms with E-state index < -0.39 is 17.5 Å². The Hall–Kier alpha value is -2.69. The van der Waals surface area contributed by atoms with Crippen LogP contribution in [0.1, 0.15) is 43.1 Å². The molecule has 0 radical (unpaired) electrons. The van der Waals surface area contributed by atoms with Crippen molar-refractivity contribution in [3.8, 4) is 11.1 Å². The average Bonchev–Trinajstić information content (AvgIpc) is 2.59. The van der Waals surface area contributed by atoms with Crippen molar-refractivity contribution in [3.63, 3.8) is 0 Å². The van der Waals surface area contributed by atoms with E-state index in [1.807, 2.05) is 20.8 Å².